The first kappa shape index (κ1) is 16.1. The zero-order valence-electron chi connectivity index (χ0n) is 15.3. The fraction of sp³-hybridized carbons (Fsp3) is 0.650. The molecule has 0 spiro atoms. The van der Waals surface area contributed by atoms with Gasteiger partial charge in [0.15, 0.2) is 0 Å². The lowest BCUT2D eigenvalue weighted by molar-refractivity contribution is -0.132. The van der Waals surface area contributed by atoms with E-state index in [-0.39, 0.29) is 5.91 Å². The number of nitrogens with one attached hydrogen (secondary N) is 2. The molecule has 1 fully saturated rings. The Hall–Kier alpha value is -2.11. The average molecular weight is 353 g/mol. The molecule has 0 radical (unpaired) electrons. The highest BCUT2D eigenvalue weighted by atomic mass is 16.2. The highest BCUT2D eigenvalue weighted by Gasteiger charge is 2.30. The third-order valence-corrected chi connectivity index (χ3v) is 6.53. The van der Waals surface area contributed by atoms with E-state index in [4.69, 9.17) is 0 Å². The molecule has 0 atom stereocenters. The summed E-state index contributed by atoms with van der Waals surface area (Å²) in [6.07, 6.45) is 10.7. The summed E-state index contributed by atoms with van der Waals surface area (Å²) in [7, 11) is 0. The molecule has 1 amide bonds. The first-order valence-electron chi connectivity index (χ1n) is 10.2. The number of H-pyrrole nitrogens is 2. The van der Waals surface area contributed by atoms with E-state index in [1.807, 2.05) is 4.90 Å². The van der Waals surface area contributed by atoms with Gasteiger partial charge in [0.25, 0.3) is 0 Å². The molecule has 6 nitrogen and oxygen atoms in total. The molecular weight excluding hydrogens is 326 g/mol. The predicted octanol–water partition coefficient (Wildman–Crippen LogP) is 2.80. The summed E-state index contributed by atoms with van der Waals surface area (Å²) in [6.45, 7) is 1.53. The van der Waals surface area contributed by atoms with Crippen molar-refractivity contribution in [2.24, 2.45) is 0 Å². The van der Waals surface area contributed by atoms with Crippen molar-refractivity contribution in [2.45, 2.75) is 76.7 Å². The molecule has 5 rings (SSSR count). The highest BCUT2D eigenvalue weighted by Crippen LogP contribution is 2.38. The van der Waals surface area contributed by atoms with E-state index in [0.29, 0.717) is 12.3 Å². The van der Waals surface area contributed by atoms with Crippen LogP contribution in [-0.2, 0) is 37.0 Å². The minimum Gasteiger partial charge on any atom is -0.338 e. The largest absolute Gasteiger partial charge is 0.338 e. The number of carbonyl (C=O) groups is 1. The van der Waals surface area contributed by atoms with E-state index >= 15 is 0 Å². The Kier molecular flexibility index (Phi) is 4.06. The number of carbonyl (C=O) groups excluding carboxylic acids is 1. The zero-order chi connectivity index (χ0) is 17.5. The number of aromatic nitrogens is 4. The average Bonchev–Trinajstić information content (AvgIpc) is 3.22. The molecule has 2 aliphatic carbocycles. The van der Waals surface area contributed by atoms with Crippen LogP contribution in [0.5, 0.6) is 0 Å². The molecule has 2 aromatic rings. The molecule has 2 N–H and O–H groups in total. The van der Waals surface area contributed by atoms with Crippen LogP contribution in [-0.4, -0.2) is 37.7 Å². The quantitative estimate of drug-likeness (QED) is 0.887. The second kappa shape index (κ2) is 6.56. The molecular formula is C20H27N5O. The molecule has 0 saturated heterocycles. The zero-order valence-corrected chi connectivity index (χ0v) is 15.3. The van der Waals surface area contributed by atoms with Crippen LogP contribution >= 0.6 is 0 Å². The molecule has 138 valence electrons. The summed E-state index contributed by atoms with van der Waals surface area (Å²) < 4.78 is 0. The summed E-state index contributed by atoms with van der Waals surface area (Å²) in [5, 5.41) is 15.5. The van der Waals surface area contributed by atoms with Gasteiger partial charge in [0.05, 0.1) is 11.4 Å². The first-order valence-corrected chi connectivity index (χ1v) is 10.2. The maximum Gasteiger partial charge on any atom is 0.223 e. The Morgan fingerprint density at radius 3 is 2.65 bits per heavy atom. The number of nitrogens with zero attached hydrogens (tertiary/aromatic N) is 3. The molecule has 1 saturated carbocycles. The standard InChI is InChI=1S/C20H27N5O/c26-19(9-8-17-14-6-1-2-7-16(14)21-22-17)25-11-10-18-15(12-25)20(24-23-18)13-4-3-5-13/h13H,1-12H2,(H,21,22)(H,23,24). The van der Waals surface area contributed by atoms with Crippen molar-refractivity contribution in [3.63, 3.8) is 0 Å². The van der Waals surface area contributed by atoms with Crippen LogP contribution in [0.2, 0.25) is 0 Å². The van der Waals surface area contributed by atoms with Crippen LogP contribution in [0.1, 0.15) is 78.3 Å². The maximum atomic E-state index is 12.8. The maximum absolute atomic E-state index is 12.8. The van der Waals surface area contributed by atoms with Gasteiger partial charge in [-0.3, -0.25) is 15.0 Å². The third kappa shape index (κ3) is 2.75. The van der Waals surface area contributed by atoms with Gasteiger partial charge in [-0.25, -0.2) is 0 Å². The van der Waals surface area contributed by atoms with Gasteiger partial charge in [0.1, 0.15) is 0 Å². The van der Waals surface area contributed by atoms with Crippen LogP contribution in [0.3, 0.4) is 0 Å². The van der Waals surface area contributed by atoms with E-state index in [1.54, 1.807) is 0 Å². The summed E-state index contributed by atoms with van der Waals surface area (Å²) in [6, 6.07) is 0. The van der Waals surface area contributed by atoms with E-state index in [2.05, 4.69) is 20.4 Å². The van der Waals surface area contributed by atoms with Gasteiger partial charge < -0.3 is 4.90 Å². The van der Waals surface area contributed by atoms with Crippen LogP contribution in [0, 0.1) is 0 Å². The van der Waals surface area contributed by atoms with E-state index in [0.717, 1.165) is 44.5 Å². The molecule has 6 heteroatoms. The van der Waals surface area contributed by atoms with E-state index in [1.165, 1.54) is 60.3 Å². The summed E-state index contributed by atoms with van der Waals surface area (Å²) in [5.74, 6) is 0.865. The SMILES string of the molecule is O=C(CCc1n[nH]c2c1CCCC2)N1CCc2[nH]nc(C3CCC3)c2C1. The van der Waals surface area contributed by atoms with Gasteiger partial charge in [0, 0.05) is 55.2 Å². The highest BCUT2D eigenvalue weighted by molar-refractivity contribution is 5.76. The Labute approximate surface area is 153 Å². The minimum absolute atomic E-state index is 0.254. The third-order valence-electron chi connectivity index (χ3n) is 6.53. The van der Waals surface area contributed by atoms with Crippen LogP contribution in [0.4, 0.5) is 0 Å². The molecule has 26 heavy (non-hydrogen) atoms. The van der Waals surface area contributed by atoms with Gasteiger partial charge in [-0.1, -0.05) is 6.42 Å². The number of aryl methyl sites for hydroxylation is 2. The van der Waals surface area contributed by atoms with Crippen molar-refractivity contribution >= 4 is 5.91 Å². The molecule has 3 aliphatic rings. The molecule has 0 aromatic carbocycles. The number of rotatable bonds is 4. The smallest absolute Gasteiger partial charge is 0.223 e. The topological polar surface area (TPSA) is 77.7 Å². The Morgan fingerprint density at radius 1 is 1.00 bits per heavy atom. The van der Waals surface area contributed by atoms with Crippen LogP contribution < -0.4 is 0 Å². The van der Waals surface area contributed by atoms with Crippen LogP contribution in [0.25, 0.3) is 0 Å². The van der Waals surface area contributed by atoms with Crippen molar-refractivity contribution in [1.29, 1.82) is 0 Å². The van der Waals surface area contributed by atoms with Crippen molar-refractivity contribution in [3.8, 4) is 0 Å². The molecule has 0 bridgehead atoms. The molecule has 1 aliphatic heterocycles. The van der Waals surface area contributed by atoms with Crippen molar-refractivity contribution in [3.05, 3.63) is 33.9 Å². The lowest BCUT2D eigenvalue weighted by Crippen LogP contribution is -2.36. The van der Waals surface area contributed by atoms with Gasteiger partial charge in [-0.2, -0.15) is 10.2 Å². The Morgan fingerprint density at radius 2 is 1.81 bits per heavy atom. The predicted molar refractivity (Wildman–Crippen MR) is 97.9 cm³/mol. The normalized spacial score (nSPS) is 19.8. The number of amides is 1. The van der Waals surface area contributed by atoms with Gasteiger partial charge >= 0.3 is 0 Å². The lowest BCUT2D eigenvalue weighted by atomic mass is 9.81. The van der Waals surface area contributed by atoms with E-state index < -0.39 is 0 Å². The van der Waals surface area contributed by atoms with Crippen molar-refractivity contribution in [2.75, 3.05) is 6.54 Å². The van der Waals surface area contributed by atoms with Gasteiger partial charge in [-0.05, 0) is 44.1 Å². The second-order valence-electron chi connectivity index (χ2n) is 8.09. The number of aromatic amines is 2. The van der Waals surface area contributed by atoms with Gasteiger partial charge in [-0.15, -0.1) is 0 Å². The number of hydrogen-bond acceptors (Lipinski definition) is 3. The Balaban J connectivity index is 1.24. The fourth-order valence-electron chi connectivity index (χ4n) is 4.69. The molecule has 3 heterocycles. The van der Waals surface area contributed by atoms with Gasteiger partial charge in [0.2, 0.25) is 5.91 Å². The Bertz CT molecular complexity index is 816. The van der Waals surface area contributed by atoms with E-state index in [9.17, 15) is 4.79 Å². The first-order chi connectivity index (χ1) is 12.8. The fourth-order valence-corrected chi connectivity index (χ4v) is 4.69. The van der Waals surface area contributed by atoms with Crippen molar-refractivity contribution in [1.82, 2.24) is 25.3 Å². The summed E-state index contributed by atoms with van der Waals surface area (Å²) >= 11 is 0. The number of hydrogen-bond donors (Lipinski definition) is 2. The number of fused-ring (bicyclic) bond motifs is 2. The monoisotopic (exact) mass is 353 g/mol. The van der Waals surface area contributed by atoms with Crippen LogP contribution in [0.15, 0.2) is 0 Å². The summed E-state index contributed by atoms with van der Waals surface area (Å²) in [4.78, 5) is 14.8. The van der Waals surface area contributed by atoms with Crippen molar-refractivity contribution < 1.29 is 4.79 Å². The lowest BCUT2D eigenvalue weighted by Gasteiger charge is -2.30. The molecule has 2 aromatic heterocycles. The minimum atomic E-state index is 0.254. The molecule has 0 unspecified atom stereocenters. The second-order valence-corrected chi connectivity index (χ2v) is 8.09. The summed E-state index contributed by atoms with van der Waals surface area (Å²) in [5.41, 5.74) is 7.56.